The van der Waals surface area contributed by atoms with Crippen molar-refractivity contribution in [3.63, 3.8) is 0 Å². The van der Waals surface area contributed by atoms with Gasteiger partial charge >= 0.3 is 5.97 Å². The van der Waals surface area contributed by atoms with Crippen molar-refractivity contribution in [3.05, 3.63) is 39.8 Å². The Balaban J connectivity index is 2.17. The Kier molecular flexibility index (Phi) is 4.97. The van der Waals surface area contributed by atoms with Gasteiger partial charge in [0.2, 0.25) is 0 Å². The Labute approximate surface area is 132 Å². The zero-order valence-corrected chi connectivity index (χ0v) is 13.6. The first-order valence-electron chi connectivity index (χ1n) is 6.98. The highest BCUT2D eigenvalue weighted by atomic mass is 32.1. The smallest absolute Gasteiger partial charge is 0.305 e. The summed E-state index contributed by atoms with van der Waals surface area (Å²) in [5.74, 6) is -1.06. The number of carbonyl (C=O) groups excluding carboxylic acids is 1. The molecule has 1 atom stereocenters. The first kappa shape index (κ1) is 16.2. The van der Waals surface area contributed by atoms with Crippen LogP contribution in [-0.2, 0) is 11.8 Å². The van der Waals surface area contributed by atoms with Gasteiger partial charge in [-0.3, -0.25) is 14.3 Å². The summed E-state index contributed by atoms with van der Waals surface area (Å²) in [7, 11) is 1.79. The van der Waals surface area contributed by atoms with Crippen LogP contribution in [0, 0.1) is 0 Å². The van der Waals surface area contributed by atoms with E-state index in [1.165, 1.54) is 11.3 Å². The van der Waals surface area contributed by atoms with Gasteiger partial charge in [-0.05, 0) is 23.4 Å². The number of carboxylic acids is 1. The lowest BCUT2D eigenvalue weighted by molar-refractivity contribution is -0.137. The SMILES string of the molecule is CC(C)c1cc(C(=O)NC(CC(=O)O)c2cccs2)nn1C. The van der Waals surface area contributed by atoms with Gasteiger partial charge in [0.15, 0.2) is 0 Å². The summed E-state index contributed by atoms with van der Waals surface area (Å²) in [6, 6.07) is 4.84. The zero-order chi connectivity index (χ0) is 16.3. The van der Waals surface area contributed by atoms with Gasteiger partial charge in [-0.25, -0.2) is 0 Å². The van der Waals surface area contributed by atoms with E-state index in [9.17, 15) is 9.59 Å². The molecule has 0 spiro atoms. The lowest BCUT2D eigenvalue weighted by Crippen LogP contribution is -2.30. The summed E-state index contributed by atoms with van der Waals surface area (Å²) >= 11 is 1.42. The van der Waals surface area contributed by atoms with Gasteiger partial charge in [-0.15, -0.1) is 11.3 Å². The van der Waals surface area contributed by atoms with Crippen LogP contribution in [0.1, 0.15) is 53.3 Å². The summed E-state index contributed by atoms with van der Waals surface area (Å²) in [6.45, 7) is 4.05. The summed E-state index contributed by atoms with van der Waals surface area (Å²) in [4.78, 5) is 24.2. The second-order valence-corrected chi connectivity index (χ2v) is 6.35. The molecule has 0 saturated heterocycles. The second kappa shape index (κ2) is 6.74. The molecule has 6 nitrogen and oxygen atoms in total. The predicted octanol–water partition coefficient (Wildman–Crippen LogP) is 2.55. The maximum Gasteiger partial charge on any atom is 0.305 e. The maximum absolute atomic E-state index is 12.3. The van der Waals surface area contributed by atoms with Gasteiger partial charge in [0.05, 0.1) is 12.5 Å². The van der Waals surface area contributed by atoms with Crippen molar-refractivity contribution in [1.29, 1.82) is 0 Å². The largest absolute Gasteiger partial charge is 0.481 e. The molecule has 22 heavy (non-hydrogen) atoms. The van der Waals surface area contributed by atoms with Crippen LogP contribution in [0.5, 0.6) is 0 Å². The molecule has 1 unspecified atom stereocenters. The molecular formula is C15H19N3O3S. The van der Waals surface area contributed by atoms with Gasteiger partial charge in [0.25, 0.3) is 5.91 Å². The Morgan fingerprint density at radius 3 is 2.68 bits per heavy atom. The fourth-order valence-corrected chi connectivity index (χ4v) is 3.03. The second-order valence-electron chi connectivity index (χ2n) is 5.37. The number of thiophene rings is 1. The van der Waals surface area contributed by atoms with Crippen molar-refractivity contribution >= 4 is 23.2 Å². The van der Waals surface area contributed by atoms with E-state index in [1.807, 2.05) is 31.4 Å². The molecule has 0 aliphatic carbocycles. The molecule has 0 radical (unpaired) electrons. The molecule has 2 rings (SSSR count). The van der Waals surface area contributed by atoms with Crippen molar-refractivity contribution in [2.75, 3.05) is 0 Å². The monoisotopic (exact) mass is 321 g/mol. The lowest BCUT2D eigenvalue weighted by atomic mass is 10.1. The molecule has 0 aromatic carbocycles. The van der Waals surface area contributed by atoms with E-state index < -0.39 is 12.0 Å². The summed E-state index contributed by atoms with van der Waals surface area (Å²) in [5, 5.41) is 17.8. The van der Waals surface area contributed by atoms with E-state index in [4.69, 9.17) is 5.11 Å². The summed E-state index contributed by atoms with van der Waals surface area (Å²) < 4.78 is 1.68. The quantitative estimate of drug-likeness (QED) is 0.856. The number of carboxylic acid groups (broad SMARTS) is 1. The number of aromatic nitrogens is 2. The molecular weight excluding hydrogens is 302 g/mol. The van der Waals surface area contributed by atoms with Crippen LogP contribution in [0.25, 0.3) is 0 Å². The van der Waals surface area contributed by atoms with Gasteiger partial charge in [-0.2, -0.15) is 5.10 Å². The first-order valence-corrected chi connectivity index (χ1v) is 7.86. The van der Waals surface area contributed by atoms with Crippen LogP contribution in [0.2, 0.25) is 0 Å². The van der Waals surface area contributed by atoms with Crippen LogP contribution in [0.15, 0.2) is 23.6 Å². The van der Waals surface area contributed by atoms with Crippen molar-refractivity contribution < 1.29 is 14.7 Å². The number of rotatable bonds is 6. The van der Waals surface area contributed by atoms with Crippen LogP contribution in [-0.4, -0.2) is 26.8 Å². The number of aryl methyl sites for hydroxylation is 1. The number of amides is 1. The van der Waals surface area contributed by atoms with E-state index in [1.54, 1.807) is 17.8 Å². The van der Waals surface area contributed by atoms with E-state index in [2.05, 4.69) is 10.4 Å². The highest BCUT2D eigenvalue weighted by molar-refractivity contribution is 7.10. The molecule has 2 N–H and O–H groups in total. The Hall–Kier alpha value is -2.15. The van der Waals surface area contributed by atoms with Crippen LogP contribution in [0.3, 0.4) is 0 Å². The van der Waals surface area contributed by atoms with E-state index in [0.29, 0.717) is 5.69 Å². The minimum atomic E-state index is -0.956. The van der Waals surface area contributed by atoms with Crippen molar-refractivity contribution in [3.8, 4) is 0 Å². The van der Waals surface area contributed by atoms with Crippen molar-refractivity contribution in [2.45, 2.75) is 32.2 Å². The third-order valence-corrected chi connectivity index (χ3v) is 4.30. The maximum atomic E-state index is 12.3. The summed E-state index contributed by atoms with van der Waals surface area (Å²) in [6.07, 6.45) is -0.157. The average molecular weight is 321 g/mol. The first-order chi connectivity index (χ1) is 10.4. The standard InChI is InChI=1S/C15H19N3O3S/c1-9(2)12-7-11(17-18(12)3)15(21)16-10(8-14(19)20)13-5-4-6-22-13/h4-7,9-10H,8H2,1-3H3,(H,16,21)(H,19,20). The zero-order valence-electron chi connectivity index (χ0n) is 12.7. The van der Waals surface area contributed by atoms with Gasteiger partial charge in [0, 0.05) is 17.6 Å². The molecule has 7 heteroatoms. The fraction of sp³-hybridized carbons (Fsp3) is 0.400. The predicted molar refractivity (Wildman–Crippen MR) is 84.1 cm³/mol. The molecule has 0 fully saturated rings. The molecule has 0 saturated carbocycles. The topological polar surface area (TPSA) is 84.2 Å². The molecule has 0 aliphatic rings. The lowest BCUT2D eigenvalue weighted by Gasteiger charge is -2.14. The average Bonchev–Trinajstić information content (AvgIpc) is 3.06. The Morgan fingerprint density at radius 1 is 1.45 bits per heavy atom. The van der Waals surface area contributed by atoms with E-state index in [0.717, 1.165) is 10.6 Å². The number of nitrogens with one attached hydrogen (secondary N) is 1. The number of aliphatic carboxylic acids is 1. The molecule has 2 aromatic rings. The minimum absolute atomic E-state index is 0.157. The van der Waals surface area contributed by atoms with Crippen LogP contribution >= 0.6 is 11.3 Å². The van der Waals surface area contributed by atoms with Crippen LogP contribution < -0.4 is 5.32 Å². The minimum Gasteiger partial charge on any atom is -0.481 e. The highest BCUT2D eigenvalue weighted by Crippen LogP contribution is 2.23. The molecule has 2 heterocycles. The normalized spacial score (nSPS) is 12.4. The van der Waals surface area contributed by atoms with Gasteiger partial charge in [0.1, 0.15) is 5.69 Å². The number of carbonyl (C=O) groups is 2. The van der Waals surface area contributed by atoms with Gasteiger partial charge in [-0.1, -0.05) is 19.9 Å². The van der Waals surface area contributed by atoms with Crippen LogP contribution in [0.4, 0.5) is 0 Å². The molecule has 0 aliphatic heterocycles. The third-order valence-electron chi connectivity index (χ3n) is 3.31. The molecule has 2 aromatic heterocycles. The third kappa shape index (κ3) is 3.73. The Morgan fingerprint density at radius 2 is 2.18 bits per heavy atom. The molecule has 1 amide bonds. The number of hydrogen-bond acceptors (Lipinski definition) is 4. The van der Waals surface area contributed by atoms with E-state index in [-0.39, 0.29) is 18.2 Å². The van der Waals surface area contributed by atoms with Crippen molar-refractivity contribution in [1.82, 2.24) is 15.1 Å². The number of hydrogen-bond donors (Lipinski definition) is 2. The van der Waals surface area contributed by atoms with E-state index >= 15 is 0 Å². The van der Waals surface area contributed by atoms with Crippen molar-refractivity contribution in [2.24, 2.45) is 7.05 Å². The highest BCUT2D eigenvalue weighted by Gasteiger charge is 2.22. The Bertz CT molecular complexity index is 662. The molecule has 118 valence electrons. The fourth-order valence-electron chi connectivity index (χ4n) is 2.25. The molecule has 0 bridgehead atoms. The van der Waals surface area contributed by atoms with Gasteiger partial charge < -0.3 is 10.4 Å². The number of nitrogens with zero attached hydrogens (tertiary/aromatic N) is 2. The summed E-state index contributed by atoms with van der Waals surface area (Å²) in [5.41, 5.74) is 1.26.